The van der Waals surface area contributed by atoms with Gasteiger partial charge in [-0.25, -0.2) is 4.98 Å². The van der Waals surface area contributed by atoms with Crippen molar-refractivity contribution in [1.29, 1.82) is 0 Å². The summed E-state index contributed by atoms with van der Waals surface area (Å²) < 4.78 is 78.9. The Balaban J connectivity index is 1.89. The molecule has 2 fully saturated rings. The van der Waals surface area contributed by atoms with E-state index in [0.29, 0.717) is 11.3 Å². The smallest absolute Gasteiger partial charge is 0.382 e. The van der Waals surface area contributed by atoms with E-state index in [0.717, 1.165) is 25.9 Å². The van der Waals surface area contributed by atoms with E-state index >= 15 is 0 Å². The molecule has 3 rings (SSSR count). The zero-order valence-electron chi connectivity index (χ0n) is 18.4. The van der Waals surface area contributed by atoms with E-state index in [-0.39, 0.29) is 30.3 Å². The van der Waals surface area contributed by atoms with Crippen LogP contribution >= 0.6 is 0 Å². The van der Waals surface area contributed by atoms with E-state index < -0.39 is 35.6 Å². The van der Waals surface area contributed by atoms with E-state index in [4.69, 9.17) is 0 Å². The van der Waals surface area contributed by atoms with Crippen molar-refractivity contribution in [2.75, 3.05) is 25.5 Å². The first-order valence-electron chi connectivity index (χ1n) is 10.7. The van der Waals surface area contributed by atoms with Gasteiger partial charge in [0.15, 0.2) is 0 Å². The van der Waals surface area contributed by atoms with Gasteiger partial charge in [-0.3, -0.25) is 0 Å². The van der Waals surface area contributed by atoms with E-state index in [2.05, 4.69) is 40.3 Å². The fourth-order valence-electron chi connectivity index (χ4n) is 4.14. The van der Waals surface area contributed by atoms with Crippen molar-refractivity contribution in [3.05, 3.63) is 42.6 Å². The minimum Gasteiger partial charge on any atom is -0.382 e. The number of hydrogen-bond acceptors (Lipinski definition) is 4. The fourth-order valence-corrected chi connectivity index (χ4v) is 4.14. The summed E-state index contributed by atoms with van der Waals surface area (Å²) >= 11 is 0. The highest BCUT2D eigenvalue weighted by Crippen LogP contribution is 2.43. The molecule has 1 aliphatic carbocycles. The minimum atomic E-state index is -4.73. The van der Waals surface area contributed by atoms with Crippen LogP contribution in [0, 0.1) is 5.92 Å². The first kappa shape index (κ1) is 25.1. The van der Waals surface area contributed by atoms with Gasteiger partial charge in [-0.05, 0) is 51.9 Å². The first-order chi connectivity index (χ1) is 15.3. The predicted octanol–water partition coefficient (Wildman–Crippen LogP) is 5.71. The highest BCUT2D eigenvalue weighted by molar-refractivity contribution is 5.82. The third-order valence-corrected chi connectivity index (χ3v) is 6.27. The van der Waals surface area contributed by atoms with Crippen LogP contribution in [0.3, 0.4) is 0 Å². The van der Waals surface area contributed by atoms with Gasteiger partial charge in [0.05, 0.1) is 17.2 Å². The maximum Gasteiger partial charge on any atom is 0.417 e. The second kappa shape index (κ2) is 9.40. The molecule has 182 valence electrons. The molecule has 1 aromatic heterocycles. The molecule has 33 heavy (non-hydrogen) atoms. The first-order valence-corrected chi connectivity index (χ1v) is 10.7. The lowest BCUT2D eigenvalue weighted by molar-refractivity contribution is -0.195. The molecule has 0 bridgehead atoms. The monoisotopic (exact) mass is 474 g/mol. The average Bonchev–Trinajstić information content (AvgIpc) is 2.69. The molecule has 1 saturated heterocycles. The molecule has 1 saturated carbocycles. The van der Waals surface area contributed by atoms with Crippen LogP contribution in [0.2, 0.25) is 0 Å². The lowest BCUT2D eigenvalue weighted by Crippen LogP contribution is -2.43. The molecule has 0 amide bonds. The van der Waals surface area contributed by atoms with Crippen molar-refractivity contribution in [1.82, 2.24) is 15.2 Å². The lowest BCUT2D eigenvalue weighted by Gasteiger charge is -2.37. The lowest BCUT2D eigenvalue weighted by atomic mass is 9.80. The van der Waals surface area contributed by atoms with Gasteiger partial charge in [0, 0.05) is 28.9 Å². The van der Waals surface area contributed by atoms with Gasteiger partial charge < -0.3 is 15.5 Å². The Morgan fingerprint density at radius 1 is 1.09 bits per heavy atom. The molecule has 0 aromatic carbocycles. The Hall–Kier alpha value is -2.49. The van der Waals surface area contributed by atoms with Crippen LogP contribution in [-0.4, -0.2) is 54.5 Å². The molecule has 2 heterocycles. The van der Waals surface area contributed by atoms with Crippen molar-refractivity contribution in [2.24, 2.45) is 5.92 Å². The highest BCUT2D eigenvalue weighted by atomic mass is 19.4. The second-order valence-corrected chi connectivity index (χ2v) is 8.75. The number of aromatic nitrogens is 1. The number of hydrogen-bond donors (Lipinski definition) is 2. The summed E-state index contributed by atoms with van der Waals surface area (Å²) in [6, 6.07) is 1.08. The summed E-state index contributed by atoms with van der Waals surface area (Å²) in [6.45, 7) is 12.6. The molecule has 0 atom stereocenters. The van der Waals surface area contributed by atoms with Crippen molar-refractivity contribution in [3.8, 4) is 0 Å². The van der Waals surface area contributed by atoms with Crippen molar-refractivity contribution in [2.45, 2.75) is 50.1 Å². The SMILES string of the molecule is C=Cc1c(C(=C)NC2CCN(C)CC2)cc(NC2CC(C(F)(F)F)C2)nc1C(=C)C(F)(F)F. The van der Waals surface area contributed by atoms with Gasteiger partial charge in [-0.15, -0.1) is 0 Å². The molecule has 1 aromatic rings. The van der Waals surface area contributed by atoms with E-state index in [1.165, 1.54) is 12.1 Å². The molecule has 0 spiro atoms. The standard InChI is InChI=1S/C23H28F6N4/c1-5-18-19(14(3)30-16-6-8-33(4)9-7-16)12-20(32-21(18)13(2)22(24,25)26)31-17-10-15(11-17)23(27,28)29/h5,12,15-17,30H,1-3,6-11H2,4H3,(H,31,32). The van der Waals surface area contributed by atoms with Crippen LogP contribution < -0.4 is 10.6 Å². The summed E-state index contributed by atoms with van der Waals surface area (Å²) in [5.74, 6) is -1.37. The number of piperidine rings is 1. The van der Waals surface area contributed by atoms with Gasteiger partial charge in [-0.1, -0.05) is 25.8 Å². The van der Waals surface area contributed by atoms with Crippen LogP contribution in [0.1, 0.15) is 42.5 Å². The van der Waals surface area contributed by atoms with Gasteiger partial charge >= 0.3 is 12.4 Å². The minimum absolute atomic E-state index is 0.0490. The van der Waals surface area contributed by atoms with E-state index in [1.807, 2.05) is 7.05 Å². The zero-order valence-corrected chi connectivity index (χ0v) is 18.4. The Bertz CT molecular complexity index is 907. The molecule has 0 unspecified atom stereocenters. The molecule has 1 aliphatic heterocycles. The van der Waals surface area contributed by atoms with Crippen molar-refractivity contribution < 1.29 is 26.3 Å². The highest BCUT2D eigenvalue weighted by Gasteiger charge is 2.48. The predicted molar refractivity (Wildman–Crippen MR) is 118 cm³/mol. The number of halogens is 6. The van der Waals surface area contributed by atoms with Crippen molar-refractivity contribution >= 4 is 23.2 Å². The number of anilines is 1. The number of alkyl halides is 6. The number of allylic oxidation sites excluding steroid dienone is 1. The van der Waals surface area contributed by atoms with E-state index in [1.54, 1.807) is 0 Å². The van der Waals surface area contributed by atoms with E-state index in [9.17, 15) is 26.3 Å². The second-order valence-electron chi connectivity index (χ2n) is 8.75. The molecule has 10 heteroatoms. The quantitative estimate of drug-likeness (QED) is 0.497. The van der Waals surface area contributed by atoms with Gasteiger partial charge in [0.25, 0.3) is 0 Å². The fraction of sp³-hybridized carbons (Fsp3) is 0.522. The van der Waals surface area contributed by atoms with Gasteiger partial charge in [-0.2, -0.15) is 26.3 Å². The maximum absolute atomic E-state index is 13.5. The van der Waals surface area contributed by atoms with Gasteiger partial charge in [0.1, 0.15) is 5.82 Å². The number of nitrogens with zero attached hydrogens (tertiary/aromatic N) is 2. The molecule has 2 aliphatic rings. The number of nitrogens with one attached hydrogen (secondary N) is 2. The summed E-state index contributed by atoms with van der Waals surface area (Å²) in [4.78, 5) is 6.24. The van der Waals surface area contributed by atoms with Crippen LogP contribution in [0.15, 0.2) is 25.8 Å². The summed E-state index contributed by atoms with van der Waals surface area (Å²) in [5, 5.41) is 6.14. The molecular formula is C23H28F6N4. The Morgan fingerprint density at radius 2 is 1.70 bits per heavy atom. The normalized spacial score (nSPS) is 22.4. The maximum atomic E-state index is 13.5. The Morgan fingerprint density at radius 3 is 2.21 bits per heavy atom. The summed E-state index contributed by atoms with van der Waals surface area (Å²) in [6.07, 6.45) is -6.38. The zero-order chi connectivity index (χ0) is 24.6. The number of likely N-dealkylation sites (tertiary alicyclic amines) is 1. The average molecular weight is 474 g/mol. The largest absolute Gasteiger partial charge is 0.417 e. The number of pyridine rings is 1. The molecule has 0 radical (unpaired) electrons. The third-order valence-electron chi connectivity index (χ3n) is 6.27. The Labute approximate surface area is 189 Å². The molecular weight excluding hydrogens is 446 g/mol. The van der Waals surface area contributed by atoms with Crippen molar-refractivity contribution in [3.63, 3.8) is 0 Å². The third kappa shape index (κ3) is 5.90. The topological polar surface area (TPSA) is 40.2 Å². The van der Waals surface area contributed by atoms with Crippen LogP contribution in [0.25, 0.3) is 17.3 Å². The summed E-state index contributed by atoms with van der Waals surface area (Å²) in [7, 11) is 2.01. The van der Waals surface area contributed by atoms with Crippen LogP contribution in [0.5, 0.6) is 0 Å². The summed E-state index contributed by atoms with van der Waals surface area (Å²) in [5.41, 5.74) is -0.696. The number of rotatable bonds is 7. The van der Waals surface area contributed by atoms with Crippen LogP contribution in [0.4, 0.5) is 32.2 Å². The van der Waals surface area contributed by atoms with Crippen LogP contribution in [-0.2, 0) is 0 Å². The molecule has 2 N–H and O–H groups in total. The molecule has 4 nitrogen and oxygen atoms in total. The Kier molecular flexibility index (Phi) is 7.16. The van der Waals surface area contributed by atoms with Gasteiger partial charge in [0.2, 0.25) is 0 Å².